The number of nitrogens with one attached hydrogen (secondary N) is 2. The lowest BCUT2D eigenvalue weighted by molar-refractivity contribution is 0.0384. The number of nitriles is 1. The number of halogens is 1. The standard InChI is InChI=1S/C24H25N7O2.ClH/c25-15-18-16-27-24(30-23(18)29-21-7-2-1-6-20(21)22(26)32)28-19-5-3-4-17(14-19)8-9-31-10-12-33-13-11-31;/h1-7,14,16H,8-13H2,(H2,26,32)(H2,27,28,29,30);1H. The lowest BCUT2D eigenvalue weighted by Gasteiger charge is -2.26. The van der Waals surface area contributed by atoms with Crippen molar-refractivity contribution >= 4 is 41.5 Å². The van der Waals surface area contributed by atoms with Gasteiger partial charge in [0.05, 0.1) is 30.7 Å². The maximum atomic E-state index is 11.7. The molecule has 1 aromatic heterocycles. The molecule has 1 aliphatic heterocycles. The molecular formula is C24H26ClN7O2. The molecule has 1 saturated heterocycles. The number of nitrogens with two attached hydrogens (primary N) is 1. The Bertz CT molecular complexity index is 1180. The maximum absolute atomic E-state index is 11.7. The minimum atomic E-state index is -0.571. The van der Waals surface area contributed by atoms with Crippen LogP contribution >= 0.6 is 12.4 Å². The van der Waals surface area contributed by atoms with Crippen LogP contribution in [0.4, 0.5) is 23.1 Å². The molecule has 4 N–H and O–H groups in total. The third-order valence-electron chi connectivity index (χ3n) is 5.36. The third-order valence-corrected chi connectivity index (χ3v) is 5.36. The van der Waals surface area contributed by atoms with Crippen molar-refractivity contribution in [3.05, 3.63) is 71.4 Å². The highest BCUT2D eigenvalue weighted by molar-refractivity contribution is 5.99. The van der Waals surface area contributed by atoms with Crippen molar-refractivity contribution in [2.75, 3.05) is 43.5 Å². The minimum absolute atomic E-state index is 0. The number of aromatic nitrogens is 2. The van der Waals surface area contributed by atoms with Crippen molar-refractivity contribution in [1.29, 1.82) is 5.26 Å². The number of primary amides is 1. The molecule has 1 amide bonds. The summed E-state index contributed by atoms with van der Waals surface area (Å²) < 4.78 is 5.41. The number of rotatable bonds is 8. The van der Waals surface area contributed by atoms with Crippen LogP contribution in [-0.2, 0) is 11.2 Å². The number of carbonyl (C=O) groups is 1. The largest absolute Gasteiger partial charge is 0.379 e. The van der Waals surface area contributed by atoms with Crippen LogP contribution in [0.5, 0.6) is 0 Å². The molecule has 2 aromatic carbocycles. The molecule has 0 spiro atoms. The van der Waals surface area contributed by atoms with E-state index in [-0.39, 0.29) is 23.8 Å². The summed E-state index contributed by atoms with van der Waals surface area (Å²) in [6.07, 6.45) is 2.37. The Labute approximate surface area is 204 Å². The van der Waals surface area contributed by atoms with Crippen LogP contribution in [0.1, 0.15) is 21.5 Å². The van der Waals surface area contributed by atoms with Crippen molar-refractivity contribution in [2.45, 2.75) is 6.42 Å². The highest BCUT2D eigenvalue weighted by Crippen LogP contribution is 2.24. The molecule has 0 aliphatic carbocycles. The predicted octanol–water partition coefficient (Wildman–Crippen LogP) is 3.23. The van der Waals surface area contributed by atoms with Gasteiger partial charge in [-0.25, -0.2) is 4.98 Å². The number of ether oxygens (including phenoxy) is 1. The SMILES string of the molecule is Cl.N#Cc1cnc(Nc2cccc(CCN3CCOCC3)c2)nc1Nc1ccccc1C(N)=O. The van der Waals surface area contributed by atoms with Gasteiger partial charge in [0.15, 0.2) is 5.82 Å². The van der Waals surface area contributed by atoms with E-state index in [4.69, 9.17) is 10.5 Å². The van der Waals surface area contributed by atoms with Crippen molar-refractivity contribution in [1.82, 2.24) is 14.9 Å². The first-order valence-electron chi connectivity index (χ1n) is 10.7. The highest BCUT2D eigenvalue weighted by atomic mass is 35.5. The maximum Gasteiger partial charge on any atom is 0.250 e. The summed E-state index contributed by atoms with van der Waals surface area (Å²) in [6.45, 7) is 4.49. The highest BCUT2D eigenvalue weighted by Gasteiger charge is 2.13. The van der Waals surface area contributed by atoms with Crippen LogP contribution in [-0.4, -0.2) is 53.6 Å². The number of morpholine rings is 1. The Morgan fingerprint density at radius 3 is 2.71 bits per heavy atom. The first-order chi connectivity index (χ1) is 16.1. The van der Waals surface area contributed by atoms with E-state index in [1.165, 1.54) is 11.8 Å². The van der Waals surface area contributed by atoms with Crippen LogP contribution in [0, 0.1) is 11.3 Å². The predicted molar refractivity (Wildman–Crippen MR) is 133 cm³/mol. The Hall–Kier alpha value is -3.71. The van der Waals surface area contributed by atoms with Gasteiger partial charge in [-0.15, -0.1) is 12.4 Å². The number of hydrogen-bond donors (Lipinski definition) is 3. The van der Waals surface area contributed by atoms with E-state index < -0.39 is 5.91 Å². The zero-order valence-corrected chi connectivity index (χ0v) is 19.3. The van der Waals surface area contributed by atoms with Crippen molar-refractivity contribution in [3.63, 3.8) is 0 Å². The number of amides is 1. The summed E-state index contributed by atoms with van der Waals surface area (Å²) in [5.41, 5.74) is 8.54. The Kier molecular flexibility index (Phi) is 8.76. The summed E-state index contributed by atoms with van der Waals surface area (Å²) in [5, 5.41) is 15.7. The molecule has 4 rings (SSSR count). The Morgan fingerprint density at radius 1 is 1.15 bits per heavy atom. The second-order valence-corrected chi connectivity index (χ2v) is 7.63. The van der Waals surface area contributed by atoms with Gasteiger partial charge in [0, 0.05) is 25.3 Å². The number of benzene rings is 2. The van der Waals surface area contributed by atoms with Gasteiger partial charge in [0.1, 0.15) is 11.6 Å². The van der Waals surface area contributed by atoms with Crippen molar-refractivity contribution < 1.29 is 9.53 Å². The molecule has 0 saturated carbocycles. The Balaban J connectivity index is 0.00000324. The molecule has 176 valence electrons. The zero-order chi connectivity index (χ0) is 23.0. The molecule has 10 heteroatoms. The quantitative estimate of drug-likeness (QED) is 0.449. The van der Waals surface area contributed by atoms with E-state index >= 15 is 0 Å². The fourth-order valence-electron chi connectivity index (χ4n) is 3.60. The number of para-hydroxylation sites is 1. The van der Waals surface area contributed by atoms with Crippen LogP contribution in [0.3, 0.4) is 0 Å². The molecular weight excluding hydrogens is 454 g/mol. The second kappa shape index (κ2) is 12.0. The van der Waals surface area contributed by atoms with Gasteiger partial charge in [-0.05, 0) is 36.2 Å². The summed E-state index contributed by atoms with van der Waals surface area (Å²) in [7, 11) is 0. The molecule has 0 bridgehead atoms. The van der Waals surface area contributed by atoms with Crippen LogP contribution in [0.2, 0.25) is 0 Å². The molecule has 1 fully saturated rings. The summed E-state index contributed by atoms with van der Waals surface area (Å²) in [6, 6.07) is 17.0. The van der Waals surface area contributed by atoms with Gasteiger partial charge in [-0.1, -0.05) is 24.3 Å². The first-order valence-corrected chi connectivity index (χ1v) is 10.7. The van der Waals surface area contributed by atoms with Gasteiger partial charge in [-0.2, -0.15) is 10.2 Å². The van der Waals surface area contributed by atoms with E-state index in [1.807, 2.05) is 12.1 Å². The average Bonchev–Trinajstić information content (AvgIpc) is 2.84. The fraction of sp³-hybridized carbons (Fsp3) is 0.250. The summed E-state index contributed by atoms with van der Waals surface area (Å²) in [5.74, 6) is 0.0449. The van der Waals surface area contributed by atoms with Gasteiger partial charge in [-0.3, -0.25) is 9.69 Å². The Morgan fingerprint density at radius 2 is 1.94 bits per heavy atom. The number of anilines is 4. The summed E-state index contributed by atoms with van der Waals surface area (Å²) in [4.78, 5) is 22.8. The molecule has 34 heavy (non-hydrogen) atoms. The van der Waals surface area contributed by atoms with Crippen LogP contribution in [0.25, 0.3) is 0 Å². The number of carbonyl (C=O) groups excluding carboxylic acids is 1. The zero-order valence-electron chi connectivity index (χ0n) is 18.5. The molecule has 0 radical (unpaired) electrons. The van der Waals surface area contributed by atoms with Crippen LogP contribution < -0.4 is 16.4 Å². The minimum Gasteiger partial charge on any atom is -0.379 e. The van der Waals surface area contributed by atoms with Gasteiger partial charge in [0.2, 0.25) is 5.95 Å². The average molecular weight is 480 g/mol. The van der Waals surface area contributed by atoms with Crippen molar-refractivity contribution in [3.8, 4) is 6.07 Å². The third kappa shape index (κ3) is 6.42. The monoisotopic (exact) mass is 479 g/mol. The molecule has 9 nitrogen and oxygen atoms in total. The molecule has 1 aliphatic rings. The van der Waals surface area contributed by atoms with E-state index in [0.29, 0.717) is 17.2 Å². The number of nitrogens with zero attached hydrogens (tertiary/aromatic N) is 4. The lowest BCUT2D eigenvalue weighted by Crippen LogP contribution is -2.37. The van der Waals surface area contributed by atoms with Gasteiger partial charge < -0.3 is 21.1 Å². The van der Waals surface area contributed by atoms with E-state index in [0.717, 1.165) is 45.0 Å². The smallest absolute Gasteiger partial charge is 0.250 e. The molecule has 3 aromatic rings. The second-order valence-electron chi connectivity index (χ2n) is 7.63. The molecule has 0 atom stereocenters. The van der Waals surface area contributed by atoms with E-state index in [1.54, 1.807) is 24.3 Å². The topological polar surface area (TPSA) is 129 Å². The van der Waals surface area contributed by atoms with Gasteiger partial charge in [0.25, 0.3) is 5.91 Å². The normalized spacial score (nSPS) is 13.4. The van der Waals surface area contributed by atoms with Crippen molar-refractivity contribution in [2.24, 2.45) is 5.73 Å². The first kappa shape index (κ1) is 24.9. The lowest BCUT2D eigenvalue weighted by atomic mass is 10.1. The summed E-state index contributed by atoms with van der Waals surface area (Å²) >= 11 is 0. The molecule has 2 heterocycles. The number of hydrogen-bond acceptors (Lipinski definition) is 8. The van der Waals surface area contributed by atoms with E-state index in [9.17, 15) is 10.1 Å². The van der Waals surface area contributed by atoms with Crippen LogP contribution in [0.15, 0.2) is 54.7 Å². The molecule has 0 unspecified atom stereocenters. The fourth-order valence-corrected chi connectivity index (χ4v) is 3.60. The van der Waals surface area contributed by atoms with E-state index in [2.05, 4.69) is 43.7 Å². The van der Waals surface area contributed by atoms with Gasteiger partial charge >= 0.3 is 0 Å².